The van der Waals surface area contributed by atoms with Gasteiger partial charge in [0.15, 0.2) is 0 Å². The van der Waals surface area contributed by atoms with Crippen LogP contribution < -0.4 is 4.72 Å². The minimum Gasteiger partial charge on any atom is -0.210 e. The van der Waals surface area contributed by atoms with E-state index >= 15 is 0 Å². The van der Waals surface area contributed by atoms with Crippen molar-refractivity contribution in [1.82, 2.24) is 4.72 Å². The zero-order valence-corrected chi connectivity index (χ0v) is 22.7. The first-order valence-electron chi connectivity index (χ1n) is 10.7. The molecule has 0 amide bonds. The monoisotopic (exact) mass is 544 g/mol. The van der Waals surface area contributed by atoms with E-state index in [0.717, 1.165) is 32.8 Å². The second-order valence-corrected chi connectivity index (χ2v) is 11.5. The van der Waals surface area contributed by atoms with Crippen LogP contribution >= 0.6 is 58.4 Å². The summed E-state index contributed by atoms with van der Waals surface area (Å²) in [5, 5.41) is 2.53. The summed E-state index contributed by atoms with van der Waals surface area (Å²) in [5.74, 6) is 0. The van der Waals surface area contributed by atoms with Crippen LogP contribution in [-0.2, 0) is 5.41 Å². The summed E-state index contributed by atoms with van der Waals surface area (Å²) in [6.07, 6.45) is 0. The van der Waals surface area contributed by atoms with Crippen molar-refractivity contribution in [3.05, 3.63) is 105 Å². The lowest BCUT2D eigenvalue weighted by molar-refractivity contribution is 0.591. The number of hydrogen-bond donors (Lipinski definition) is 0. The van der Waals surface area contributed by atoms with E-state index in [1.54, 1.807) is 6.07 Å². The van der Waals surface area contributed by atoms with Crippen molar-refractivity contribution >= 4 is 64.0 Å². The quantitative estimate of drug-likeness (QED) is 0.227. The van der Waals surface area contributed by atoms with Crippen LogP contribution in [-0.4, -0.2) is 0 Å². The van der Waals surface area contributed by atoms with Gasteiger partial charge in [0, 0.05) is 43.0 Å². The smallest absolute Gasteiger partial charge is 0.0874 e. The normalized spacial score (nSPS) is 11.5. The fourth-order valence-corrected chi connectivity index (χ4v) is 4.93. The van der Waals surface area contributed by atoms with Gasteiger partial charge in [0.2, 0.25) is 0 Å². The van der Waals surface area contributed by atoms with Crippen LogP contribution in [0.4, 0.5) is 5.69 Å². The molecule has 0 aliphatic heterocycles. The van der Waals surface area contributed by atoms with E-state index in [4.69, 9.17) is 51.1 Å². The summed E-state index contributed by atoms with van der Waals surface area (Å²) in [5.41, 5.74) is 6.11. The molecule has 0 aliphatic rings. The molecule has 0 bridgehead atoms. The highest BCUT2D eigenvalue weighted by atomic mass is 35.5. The van der Waals surface area contributed by atoms with Gasteiger partial charge >= 0.3 is 0 Å². The van der Waals surface area contributed by atoms with Gasteiger partial charge in [0.1, 0.15) is 0 Å². The molecule has 0 heterocycles. The second-order valence-electron chi connectivity index (χ2n) is 8.94. The van der Waals surface area contributed by atoms with Gasteiger partial charge < -0.3 is 0 Å². The van der Waals surface area contributed by atoms with E-state index in [1.165, 1.54) is 17.5 Å². The minimum atomic E-state index is -0.0620. The van der Waals surface area contributed by atoms with Crippen LogP contribution in [0.3, 0.4) is 0 Å². The summed E-state index contributed by atoms with van der Waals surface area (Å²) in [4.78, 5) is 0.829. The average Bonchev–Trinajstić information content (AvgIpc) is 2.78. The van der Waals surface area contributed by atoms with Crippen molar-refractivity contribution in [2.24, 2.45) is 0 Å². The lowest BCUT2D eigenvalue weighted by atomic mass is 9.82. The fraction of sp³-hybridized carbons (Fsp3) is 0.143. The minimum absolute atomic E-state index is 0.0620. The molecule has 0 aromatic heterocycles. The first kappa shape index (κ1) is 25.3. The number of rotatable bonds is 5. The van der Waals surface area contributed by atoms with E-state index in [-0.39, 0.29) is 5.41 Å². The van der Waals surface area contributed by atoms with E-state index in [0.29, 0.717) is 20.1 Å². The third kappa shape index (κ3) is 5.87. The van der Waals surface area contributed by atoms with Crippen molar-refractivity contribution in [1.29, 1.82) is 0 Å². The predicted molar refractivity (Wildman–Crippen MR) is 150 cm³/mol. The molecule has 0 saturated heterocycles. The molecule has 0 unspecified atom stereocenters. The predicted octanol–water partition coefficient (Wildman–Crippen LogP) is 10.9. The molecule has 6 heteroatoms. The molecule has 4 aromatic rings. The topological polar surface area (TPSA) is 14.1 Å². The van der Waals surface area contributed by atoms with E-state index < -0.39 is 0 Å². The van der Waals surface area contributed by atoms with E-state index in [9.17, 15) is 0 Å². The fourth-order valence-electron chi connectivity index (χ4n) is 3.51. The number of benzene rings is 4. The highest BCUT2D eigenvalue weighted by molar-refractivity contribution is 7.97. The molecule has 4 rings (SSSR count). The lowest BCUT2D eigenvalue weighted by Gasteiger charge is -2.24. The van der Waals surface area contributed by atoms with Crippen LogP contribution in [0.5, 0.6) is 0 Å². The number of nitrogens with zero attached hydrogens (tertiary/aromatic N) is 1. The zero-order valence-electron chi connectivity index (χ0n) is 18.9. The van der Waals surface area contributed by atoms with Gasteiger partial charge in [0.05, 0.1) is 10.7 Å². The summed E-state index contributed by atoms with van der Waals surface area (Å²) in [7, 11) is 0. The Morgan fingerprint density at radius 2 is 1.09 bits per heavy atom. The van der Waals surface area contributed by atoms with Gasteiger partial charge in [-0.25, -0.2) is 4.72 Å². The van der Waals surface area contributed by atoms with Gasteiger partial charge in [-0.1, -0.05) is 91.4 Å². The van der Waals surface area contributed by atoms with Gasteiger partial charge in [-0.05, 0) is 76.7 Å². The molecule has 0 spiro atoms. The van der Waals surface area contributed by atoms with Gasteiger partial charge in [-0.15, -0.1) is 0 Å². The SMILES string of the molecule is CC(C)(C)c1cc(-c2ccc(Cl)cc2)c([N]Sc2ccc(Cl)cc2Cl)c(-c2ccc(Cl)cc2)c1. The van der Waals surface area contributed by atoms with Crippen LogP contribution in [0.25, 0.3) is 22.3 Å². The summed E-state index contributed by atoms with van der Waals surface area (Å²) in [6.45, 7) is 6.62. The Bertz CT molecular complexity index is 1240. The molecule has 0 saturated carbocycles. The molecule has 173 valence electrons. The Kier molecular flexibility index (Phi) is 7.76. The maximum absolute atomic E-state index is 6.43. The Morgan fingerprint density at radius 1 is 0.618 bits per heavy atom. The van der Waals surface area contributed by atoms with E-state index in [2.05, 4.69) is 32.9 Å². The second kappa shape index (κ2) is 10.4. The first-order chi connectivity index (χ1) is 16.1. The van der Waals surface area contributed by atoms with Crippen molar-refractivity contribution in [2.75, 3.05) is 0 Å². The van der Waals surface area contributed by atoms with Crippen LogP contribution in [0.1, 0.15) is 26.3 Å². The molecule has 1 nitrogen and oxygen atoms in total. The molecule has 0 fully saturated rings. The van der Waals surface area contributed by atoms with Crippen LogP contribution in [0.15, 0.2) is 83.8 Å². The van der Waals surface area contributed by atoms with E-state index in [1.807, 2.05) is 60.7 Å². The standard InChI is InChI=1S/C28H22Cl4NS/c1-28(2,3)19-14-23(17-4-8-20(29)9-5-17)27(24(15-19)18-6-10-21(30)11-7-18)33-34-26-13-12-22(31)16-25(26)32/h4-16H,1-3H3. The van der Waals surface area contributed by atoms with Gasteiger partial charge in [-0.3, -0.25) is 0 Å². The Balaban J connectivity index is 1.92. The third-order valence-electron chi connectivity index (χ3n) is 5.42. The van der Waals surface area contributed by atoms with Crippen molar-refractivity contribution in [2.45, 2.75) is 31.1 Å². The van der Waals surface area contributed by atoms with Crippen molar-refractivity contribution in [3.63, 3.8) is 0 Å². The molecule has 4 aromatic carbocycles. The molecule has 0 N–H and O–H groups in total. The maximum atomic E-state index is 6.43. The third-order valence-corrected chi connectivity index (χ3v) is 7.41. The summed E-state index contributed by atoms with van der Waals surface area (Å²) >= 11 is 26.2. The highest BCUT2D eigenvalue weighted by Crippen LogP contribution is 2.44. The molecule has 34 heavy (non-hydrogen) atoms. The van der Waals surface area contributed by atoms with Gasteiger partial charge in [0.25, 0.3) is 0 Å². The first-order valence-corrected chi connectivity index (χ1v) is 12.9. The zero-order chi connectivity index (χ0) is 24.5. The Hall–Kier alpha value is -1.81. The highest BCUT2D eigenvalue weighted by Gasteiger charge is 2.22. The molecular formula is C28H22Cl4NS. The number of hydrogen-bond acceptors (Lipinski definition) is 1. The van der Waals surface area contributed by atoms with Crippen molar-refractivity contribution in [3.8, 4) is 22.3 Å². The average molecular weight is 546 g/mol. The molecule has 1 radical (unpaired) electrons. The Labute approximate surface area is 225 Å². The summed E-state index contributed by atoms with van der Waals surface area (Å²) < 4.78 is 5.01. The lowest BCUT2D eigenvalue weighted by Crippen LogP contribution is -2.12. The molecular weight excluding hydrogens is 524 g/mol. The maximum Gasteiger partial charge on any atom is 0.0874 e. The molecule has 0 atom stereocenters. The van der Waals surface area contributed by atoms with Crippen LogP contribution in [0.2, 0.25) is 20.1 Å². The van der Waals surface area contributed by atoms with Gasteiger partial charge in [-0.2, -0.15) is 0 Å². The largest absolute Gasteiger partial charge is 0.210 e. The number of halogens is 4. The van der Waals surface area contributed by atoms with Crippen molar-refractivity contribution < 1.29 is 0 Å². The molecule has 0 aliphatic carbocycles. The summed E-state index contributed by atoms with van der Waals surface area (Å²) in [6, 6.07) is 25.5. The Morgan fingerprint density at radius 3 is 1.53 bits per heavy atom. The van der Waals surface area contributed by atoms with Crippen LogP contribution in [0, 0.1) is 0 Å².